The van der Waals surface area contributed by atoms with Crippen LogP contribution >= 0.6 is 0 Å². The summed E-state index contributed by atoms with van der Waals surface area (Å²) < 4.78 is 27.2. The van der Waals surface area contributed by atoms with Crippen LogP contribution in [0.15, 0.2) is 48.5 Å². The predicted molar refractivity (Wildman–Crippen MR) is 68.3 cm³/mol. The van der Waals surface area contributed by atoms with Gasteiger partial charge >= 0.3 is 0 Å². The molecule has 0 radical (unpaired) electrons. The van der Waals surface area contributed by atoms with Gasteiger partial charge in [-0.2, -0.15) is 0 Å². The van der Waals surface area contributed by atoms with Crippen LogP contribution in [0.3, 0.4) is 0 Å². The third-order valence-electron chi connectivity index (χ3n) is 3.07. The monoisotopic (exact) mass is 247 g/mol. The van der Waals surface area contributed by atoms with E-state index in [1.165, 1.54) is 18.2 Å². The number of hydrogen-bond donors (Lipinski definition) is 1. The summed E-state index contributed by atoms with van der Waals surface area (Å²) in [6.45, 7) is 0.359. The van der Waals surface area contributed by atoms with Crippen molar-refractivity contribution in [1.82, 2.24) is 0 Å². The Bertz CT molecular complexity index is 491. The fraction of sp³-hybridized carbons (Fsp3) is 0.200. The zero-order valence-electron chi connectivity index (χ0n) is 9.94. The molecular formula is C15H15F2N. The van der Waals surface area contributed by atoms with Crippen molar-refractivity contribution in [2.24, 2.45) is 5.73 Å². The number of hydrogen-bond acceptors (Lipinski definition) is 1. The second-order valence-corrected chi connectivity index (χ2v) is 4.25. The molecule has 2 aromatic carbocycles. The molecule has 1 nitrogen and oxygen atoms in total. The average Bonchev–Trinajstić information content (AvgIpc) is 2.40. The Balaban J connectivity index is 2.26. The van der Waals surface area contributed by atoms with Gasteiger partial charge in [0.15, 0.2) is 0 Å². The van der Waals surface area contributed by atoms with Crippen molar-refractivity contribution in [1.29, 1.82) is 0 Å². The summed E-state index contributed by atoms with van der Waals surface area (Å²) in [6.07, 6.45) is 0.277. The summed E-state index contributed by atoms with van der Waals surface area (Å²) in [5, 5.41) is 0. The lowest BCUT2D eigenvalue weighted by molar-refractivity contribution is 0.538. The Morgan fingerprint density at radius 2 is 1.50 bits per heavy atom. The molecule has 1 atom stereocenters. The molecule has 2 rings (SSSR count). The van der Waals surface area contributed by atoms with Crippen LogP contribution < -0.4 is 5.73 Å². The summed E-state index contributed by atoms with van der Waals surface area (Å²) in [5.74, 6) is -1.09. The molecular weight excluding hydrogens is 232 g/mol. The van der Waals surface area contributed by atoms with Crippen LogP contribution in [0.5, 0.6) is 0 Å². The van der Waals surface area contributed by atoms with E-state index in [1.807, 2.05) is 30.3 Å². The van der Waals surface area contributed by atoms with Gasteiger partial charge in [0.1, 0.15) is 11.6 Å². The average molecular weight is 247 g/mol. The standard InChI is InChI=1S/C15H15F2N/c16-14-7-4-8-15(17)13(14)9-12(10-18)11-5-2-1-3-6-11/h1-8,12H,9-10,18H2. The van der Waals surface area contributed by atoms with Gasteiger partial charge in [0, 0.05) is 11.5 Å². The third-order valence-corrected chi connectivity index (χ3v) is 3.07. The molecule has 2 aromatic rings. The zero-order valence-corrected chi connectivity index (χ0v) is 9.94. The molecule has 0 bridgehead atoms. The van der Waals surface area contributed by atoms with Gasteiger partial charge < -0.3 is 5.73 Å². The molecule has 0 aliphatic heterocycles. The Morgan fingerprint density at radius 3 is 2.06 bits per heavy atom. The van der Waals surface area contributed by atoms with E-state index in [4.69, 9.17) is 5.73 Å². The molecule has 0 amide bonds. The maximum Gasteiger partial charge on any atom is 0.129 e. The molecule has 0 heterocycles. The third kappa shape index (κ3) is 2.74. The van der Waals surface area contributed by atoms with E-state index >= 15 is 0 Å². The van der Waals surface area contributed by atoms with Crippen LogP contribution in [0.2, 0.25) is 0 Å². The largest absolute Gasteiger partial charge is 0.330 e. The highest BCUT2D eigenvalue weighted by Crippen LogP contribution is 2.23. The van der Waals surface area contributed by atoms with Gasteiger partial charge in [-0.15, -0.1) is 0 Å². The second-order valence-electron chi connectivity index (χ2n) is 4.25. The zero-order chi connectivity index (χ0) is 13.0. The van der Waals surface area contributed by atoms with Gasteiger partial charge in [-0.1, -0.05) is 36.4 Å². The topological polar surface area (TPSA) is 26.0 Å². The lowest BCUT2D eigenvalue weighted by atomic mass is 9.91. The van der Waals surface area contributed by atoms with Gasteiger partial charge in [0.2, 0.25) is 0 Å². The molecule has 0 aliphatic carbocycles. The predicted octanol–water partition coefficient (Wildman–Crippen LogP) is 3.25. The summed E-state index contributed by atoms with van der Waals surface area (Å²) in [4.78, 5) is 0. The first-order valence-corrected chi connectivity index (χ1v) is 5.90. The quantitative estimate of drug-likeness (QED) is 0.881. The van der Waals surface area contributed by atoms with E-state index < -0.39 is 11.6 Å². The van der Waals surface area contributed by atoms with Crippen molar-refractivity contribution < 1.29 is 8.78 Å². The number of benzene rings is 2. The van der Waals surface area contributed by atoms with Gasteiger partial charge in [-0.25, -0.2) is 8.78 Å². The number of rotatable bonds is 4. The van der Waals surface area contributed by atoms with Gasteiger partial charge in [-0.05, 0) is 30.7 Å². The van der Waals surface area contributed by atoms with Crippen LogP contribution in [0, 0.1) is 11.6 Å². The molecule has 0 aliphatic rings. The van der Waals surface area contributed by atoms with Crippen molar-refractivity contribution in [3.05, 3.63) is 71.3 Å². The minimum atomic E-state index is -0.510. The van der Waals surface area contributed by atoms with E-state index in [0.29, 0.717) is 6.54 Å². The molecule has 2 N–H and O–H groups in total. The molecule has 94 valence electrons. The normalized spacial score (nSPS) is 12.4. The first-order chi connectivity index (χ1) is 8.72. The smallest absolute Gasteiger partial charge is 0.129 e. The molecule has 18 heavy (non-hydrogen) atoms. The highest BCUT2D eigenvalue weighted by molar-refractivity contribution is 5.26. The highest BCUT2D eigenvalue weighted by Gasteiger charge is 2.16. The second kappa shape index (κ2) is 5.74. The minimum absolute atomic E-state index is 0.0717. The maximum absolute atomic E-state index is 13.6. The van der Waals surface area contributed by atoms with E-state index in [0.717, 1.165) is 5.56 Å². The van der Waals surface area contributed by atoms with Crippen LogP contribution in [0.1, 0.15) is 17.0 Å². The Labute approximate surface area is 105 Å². The van der Waals surface area contributed by atoms with Gasteiger partial charge in [-0.3, -0.25) is 0 Å². The van der Waals surface area contributed by atoms with Crippen LogP contribution in [0.25, 0.3) is 0 Å². The van der Waals surface area contributed by atoms with E-state index in [1.54, 1.807) is 0 Å². The maximum atomic E-state index is 13.6. The Kier molecular flexibility index (Phi) is 4.05. The van der Waals surface area contributed by atoms with Crippen LogP contribution in [-0.2, 0) is 6.42 Å². The molecule has 3 heteroatoms. The summed E-state index contributed by atoms with van der Waals surface area (Å²) in [5.41, 5.74) is 6.82. The Morgan fingerprint density at radius 1 is 0.889 bits per heavy atom. The van der Waals surface area contributed by atoms with Crippen molar-refractivity contribution in [3.8, 4) is 0 Å². The lowest BCUT2D eigenvalue weighted by Crippen LogP contribution is -2.16. The first kappa shape index (κ1) is 12.7. The van der Waals surface area contributed by atoms with E-state index in [2.05, 4.69) is 0 Å². The van der Waals surface area contributed by atoms with E-state index in [-0.39, 0.29) is 17.9 Å². The minimum Gasteiger partial charge on any atom is -0.330 e. The molecule has 1 unspecified atom stereocenters. The van der Waals surface area contributed by atoms with Gasteiger partial charge in [0.25, 0.3) is 0 Å². The molecule has 0 fully saturated rings. The molecule has 0 aromatic heterocycles. The van der Waals surface area contributed by atoms with Crippen LogP contribution in [0.4, 0.5) is 8.78 Å². The summed E-state index contributed by atoms with van der Waals surface area (Å²) >= 11 is 0. The Hall–Kier alpha value is -1.74. The van der Waals surface area contributed by atoms with Crippen molar-refractivity contribution >= 4 is 0 Å². The van der Waals surface area contributed by atoms with Crippen LogP contribution in [-0.4, -0.2) is 6.54 Å². The summed E-state index contributed by atoms with van der Waals surface area (Å²) in [7, 11) is 0. The molecule has 0 spiro atoms. The lowest BCUT2D eigenvalue weighted by Gasteiger charge is -2.16. The number of halogens is 2. The fourth-order valence-electron chi connectivity index (χ4n) is 2.04. The van der Waals surface area contributed by atoms with Crippen molar-refractivity contribution in [2.45, 2.75) is 12.3 Å². The summed E-state index contributed by atoms with van der Waals surface area (Å²) in [6, 6.07) is 13.5. The number of nitrogens with two attached hydrogens (primary N) is 1. The first-order valence-electron chi connectivity index (χ1n) is 5.90. The highest BCUT2D eigenvalue weighted by atomic mass is 19.1. The SMILES string of the molecule is NCC(Cc1c(F)cccc1F)c1ccccc1. The van der Waals surface area contributed by atoms with Gasteiger partial charge in [0.05, 0.1) is 0 Å². The fourth-order valence-corrected chi connectivity index (χ4v) is 2.04. The van der Waals surface area contributed by atoms with E-state index in [9.17, 15) is 8.78 Å². The van der Waals surface area contributed by atoms with Crippen molar-refractivity contribution in [3.63, 3.8) is 0 Å². The molecule has 0 saturated heterocycles. The molecule has 0 saturated carbocycles. The van der Waals surface area contributed by atoms with Crippen molar-refractivity contribution in [2.75, 3.05) is 6.54 Å².